The molecule has 0 aliphatic carbocycles. The predicted octanol–water partition coefficient (Wildman–Crippen LogP) is 5.30. The summed E-state index contributed by atoms with van der Waals surface area (Å²) in [6, 6.07) is 17.9. The van der Waals surface area contributed by atoms with Gasteiger partial charge in [0.25, 0.3) is 11.5 Å². The van der Waals surface area contributed by atoms with Gasteiger partial charge in [-0.2, -0.15) is 18.3 Å². The summed E-state index contributed by atoms with van der Waals surface area (Å²) >= 11 is 7.01. The number of nitrogens with one attached hydrogen (secondary N) is 1. The van der Waals surface area contributed by atoms with Crippen molar-refractivity contribution in [2.24, 2.45) is 5.10 Å². The van der Waals surface area contributed by atoms with Crippen molar-refractivity contribution >= 4 is 46.4 Å². The zero-order valence-electron chi connectivity index (χ0n) is 17.8. The Morgan fingerprint density at radius 1 is 1.06 bits per heavy atom. The number of halogens is 4. The molecular weight excluding hydrogens is 501 g/mol. The van der Waals surface area contributed by atoms with E-state index in [0.717, 1.165) is 23.9 Å². The van der Waals surface area contributed by atoms with Gasteiger partial charge in [0.1, 0.15) is 0 Å². The molecule has 1 aromatic heterocycles. The van der Waals surface area contributed by atoms with Crippen molar-refractivity contribution < 1.29 is 18.0 Å². The number of hydrogen-bond donors (Lipinski definition) is 1. The third-order valence-electron chi connectivity index (χ3n) is 4.80. The number of aromatic nitrogens is 2. The first-order valence-corrected chi connectivity index (χ1v) is 11.5. The van der Waals surface area contributed by atoms with E-state index in [0.29, 0.717) is 32.3 Å². The van der Waals surface area contributed by atoms with Gasteiger partial charge in [0.05, 0.1) is 34.1 Å². The minimum absolute atomic E-state index is 0.108. The van der Waals surface area contributed by atoms with Crippen LogP contribution in [0.2, 0.25) is 5.02 Å². The van der Waals surface area contributed by atoms with Crippen LogP contribution in [0, 0.1) is 0 Å². The fourth-order valence-electron chi connectivity index (χ4n) is 3.13. The van der Waals surface area contributed by atoms with Crippen molar-refractivity contribution in [3.05, 3.63) is 99.3 Å². The number of carbonyl (C=O) groups excluding carboxylic acids is 1. The second kappa shape index (κ2) is 10.3. The number of rotatable bonds is 6. The van der Waals surface area contributed by atoms with E-state index in [1.54, 1.807) is 48.5 Å². The second-order valence-corrected chi connectivity index (χ2v) is 8.61. The highest BCUT2D eigenvalue weighted by atomic mass is 35.5. The second-order valence-electron chi connectivity index (χ2n) is 7.23. The van der Waals surface area contributed by atoms with Crippen LogP contribution in [-0.2, 0) is 11.0 Å². The summed E-state index contributed by atoms with van der Waals surface area (Å²) in [6.07, 6.45) is -3.19. The van der Waals surface area contributed by atoms with Crippen LogP contribution in [0.25, 0.3) is 16.6 Å². The Labute approximate surface area is 206 Å². The maximum absolute atomic E-state index is 13.2. The molecule has 0 fully saturated rings. The van der Waals surface area contributed by atoms with Crippen molar-refractivity contribution in [3.8, 4) is 5.69 Å². The van der Waals surface area contributed by atoms with E-state index in [9.17, 15) is 22.8 Å². The Morgan fingerprint density at radius 2 is 1.74 bits per heavy atom. The van der Waals surface area contributed by atoms with Crippen LogP contribution >= 0.6 is 23.4 Å². The van der Waals surface area contributed by atoms with E-state index in [2.05, 4.69) is 15.5 Å². The number of hydrazone groups is 1. The summed E-state index contributed by atoms with van der Waals surface area (Å²) in [7, 11) is 0. The highest BCUT2D eigenvalue weighted by molar-refractivity contribution is 7.99. The number of carbonyl (C=O) groups is 1. The van der Waals surface area contributed by atoms with E-state index < -0.39 is 17.6 Å². The van der Waals surface area contributed by atoms with Gasteiger partial charge in [-0.3, -0.25) is 14.2 Å². The third kappa shape index (κ3) is 5.90. The Balaban J connectivity index is 1.50. The molecule has 0 spiro atoms. The minimum atomic E-state index is -4.43. The van der Waals surface area contributed by atoms with Crippen LogP contribution in [0.5, 0.6) is 0 Å². The third-order valence-corrected chi connectivity index (χ3v) is 5.99. The van der Waals surface area contributed by atoms with Crippen LogP contribution in [0.3, 0.4) is 0 Å². The molecule has 0 saturated heterocycles. The minimum Gasteiger partial charge on any atom is -0.272 e. The van der Waals surface area contributed by atoms with Crippen LogP contribution in [0.1, 0.15) is 11.1 Å². The largest absolute Gasteiger partial charge is 0.416 e. The van der Waals surface area contributed by atoms with Crippen LogP contribution in [0.4, 0.5) is 13.2 Å². The standard InChI is InChI=1S/C24H16ClF3N4O2S/c25-17-9-11-18(12-10-17)32-22(34)19-3-1-2-4-20(19)30-23(32)35-14-21(33)31-29-13-15-5-7-16(8-6-15)24(26,27)28/h1-13H,14H2,(H,31,33)/b29-13+. The topological polar surface area (TPSA) is 76.3 Å². The monoisotopic (exact) mass is 516 g/mol. The molecule has 0 aliphatic rings. The average molecular weight is 517 g/mol. The summed E-state index contributed by atoms with van der Waals surface area (Å²) in [5.41, 5.74) is 2.68. The molecule has 0 saturated carbocycles. The van der Waals surface area contributed by atoms with Gasteiger partial charge in [-0.25, -0.2) is 10.4 Å². The number of hydrogen-bond acceptors (Lipinski definition) is 5. The summed E-state index contributed by atoms with van der Waals surface area (Å²) in [5.74, 6) is -0.592. The number of thioether (sulfide) groups is 1. The number of alkyl halides is 3. The maximum Gasteiger partial charge on any atom is 0.416 e. The van der Waals surface area contributed by atoms with Crippen LogP contribution in [0.15, 0.2) is 87.8 Å². The lowest BCUT2D eigenvalue weighted by molar-refractivity contribution is -0.137. The van der Waals surface area contributed by atoms with Crippen molar-refractivity contribution in [2.45, 2.75) is 11.3 Å². The predicted molar refractivity (Wildman–Crippen MR) is 130 cm³/mol. The molecule has 178 valence electrons. The molecule has 1 amide bonds. The average Bonchev–Trinajstić information content (AvgIpc) is 2.83. The van der Waals surface area contributed by atoms with E-state index in [4.69, 9.17) is 11.6 Å². The number of fused-ring (bicyclic) bond motifs is 1. The molecule has 0 bridgehead atoms. The van der Waals surface area contributed by atoms with Gasteiger partial charge in [0, 0.05) is 5.02 Å². The zero-order valence-corrected chi connectivity index (χ0v) is 19.4. The molecule has 11 heteroatoms. The van der Waals surface area contributed by atoms with Crippen molar-refractivity contribution in [2.75, 3.05) is 5.75 Å². The molecular formula is C24H16ClF3N4O2S. The van der Waals surface area contributed by atoms with E-state index in [-0.39, 0.29) is 11.3 Å². The Bertz CT molecular complexity index is 1450. The highest BCUT2D eigenvalue weighted by Crippen LogP contribution is 2.29. The number of nitrogens with zero attached hydrogens (tertiary/aromatic N) is 3. The Kier molecular flexibility index (Phi) is 7.23. The SMILES string of the molecule is O=C(CSc1nc2ccccc2c(=O)n1-c1ccc(Cl)cc1)N/N=C/c1ccc(C(F)(F)F)cc1. The number of amides is 1. The summed E-state index contributed by atoms with van der Waals surface area (Å²) in [5, 5.41) is 5.02. The van der Waals surface area contributed by atoms with Gasteiger partial charge in [0.15, 0.2) is 5.16 Å². The molecule has 0 radical (unpaired) electrons. The quantitative estimate of drug-likeness (QED) is 0.163. The summed E-state index contributed by atoms with van der Waals surface area (Å²) in [6.45, 7) is 0. The maximum atomic E-state index is 13.2. The zero-order chi connectivity index (χ0) is 25.0. The Morgan fingerprint density at radius 3 is 2.43 bits per heavy atom. The molecule has 0 atom stereocenters. The fraction of sp³-hybridized carbons (Fsp3) is 0.0833. The molecule has 6 nitrogen and oxygen atoms in total. The van der Waals surface area contributed by atoms with E-state index >= 15 is 0 Å². The van der Waals surface area contributed by atoms with Gasteiger partial charge < -0.3 is 0 Å². The summed E-state index contributed by atoms with van der Waals surface area (Å²) < 4.78 is 39.3. The first kappa shape index (κ1) is 24.5. The molecule has 4 rings (SSSR count). The van der Waals surface area contributed by atoms with Gasteiger partial charge >= 0.3 is 6.18 Å². The smallest absolute Gasteiger partial charge is 0.272 e. The lowest BCUT2D eigenvalue weighted by Gasteiger charge is -2.13. The summed E-state index contributed by atoms with van der Waals surface area (Å²) in [4.78, 5) is 30.0. The highest BCUT2D eigenvalue weighted by Gasteiger charge is 2.29. The van der Waals surface area contributed by atoms with E-state index in [1.807, 2.05) is 0 Å². The molecule has 3 aromatic carbocycles. The first-order chi connectivity index (χ1) is 16.7. The number of para-hydroxylation sites is 1. The lowest BCUT2D eigenvalue weighted by Crippen LogP contribution is -2.24. The van der Waals surface area contributed by atoms with Crippen LogP contribution < -0.4 is 11.0 Å². The molecule has 1 N–H and O–H groups in total. The van der Waals surface area contributed by atoms with Crippen molar-refractivity contribution in [1.29, 1.82) is 0 Å². The fourth-order valence-corrected chi connectivity index (χ4v) is 4.06. The van der Waals surface area contributed by atoms with Gasteiger partial charge in [-0.15, -0.1) is 0 Å². The van der Waals surface area contributed by atoms with Crippen molar-refractivity contribution in [3.63, 3.8) is 0 Å². The first-order valence-electron chi connectivity index (χ1n) is 10.1. The molecule has 4 aromatic rings. The van der Waals surface area contributed by atoms with E-state index in [1.165, 1.54) is 22.9 Å². The van der Waals surface area contributed by atoms with Gasteiger partial charge in [-0.1, -0.05) is 47.6 Å². The molecule has 0 aliphatic heterocycles. The Hall–Kier alpha value is -3.63. The lowest BCUT2D eigenvalue weighted by atomic mass is 10.1. The molecule has 0 unspecified atom stereocenters. The number of benzene rings is 3. The van der Waals surface area contributed by atoms with Crippen molar-refractivity contribution in [1.82, 2.24) is 15.0 Å². The molecule has 1 heterocycles. The van der Waals surface area contributed by atoms with Crippen LogP contribution in [-0.4, -0.2) is 27.4 Å². The molecule has 35 heavy (non-hydrogen) atoms. The normalized spacial score (nSPS) is 11.8. The van der Waals surface area contributed by atoms with Gasteiger partial charge in [0.2, 0.25) is 0 Å². The van der Waals surface area contributed by atoms with Gasteiger partial charge in [-0.05, 0) is 54.1 Å².